The maximum absolute atomic E-state index is 10.9. The normalized spacial score (nSPS) is 10.5. The first kappa shape index (κ1) is 11.4. The van der Waals surface area contributed by atoms with E-state index in [0.29, 0.717) is 12.2 Å². The first-order chi connectivity index (χ1) is 8.06. The van der Waals surface area contributed by atoms with Crippen molar-refractivity contribution in [1.29, 1.82) is 0 Å². The van der Waals surface area contributed by atoms with Crippen molar-refractivity contribution in [2.75, 3.05) is 0 Å². The number of nitrogens with zero attached hydrogens (tertiary/aromatic N) is 2. The molecule has 2 aromatic rings. The van der Waals surface area contributed by atoms with E-state index in [0.717, 1.165) is 5.56 Å². The van der Waals surface area contributed by atoms with Gasteiger partial charge in [-0.1, -0.05) is 29.8 Å². The molecule has 4 nitrogen and oxygen atoms in total. The topological polar surface area (TPSA) is 55.1 Å². The molecule has 0 atom stereocenters. The van der Waals surface area contributed by atoms with Crippen molar-refractivity contribution in [3.05, 3.63) is 52.8 Å². The summed E-state index contributed by atoms with van der Waals surface area (Å²) in [4.78, 5) is 10.9. The third-order valence-corrected chi connectivity index (χ3v) is 2.60. The highest BCUT2D eigenvalue weighted by Gasteiger charge is 2.11. The summed E-state index contributed by atoms with van der Waals surface area (Å²) in [5.74, 6) is -0.932. The fraction of sp³-hybridized carbons (Fsp3) is 0.231. The molecule has 0 fully saturated rings. The maximum Gasteiger partial charge on any atom is 0.339 e. The minimum atomic E-state index is -0.932. The van der Waals surface area contributed by atoms with Crippen LogP contribution in [0.5, 0.6) is 0 Å². The highest BCUT2D eigenvalue weighted by molar-refractivity contribution is 5.88. The lowest BCUT2D eigenvalue weighted by Gasteiger charge is -2.02. The van der Waals surface area contributed by atoms with Gasteiger partial charge < -0.3 is 5.11 Å². The van der Waals surface area contributed by atoms with Gasteiger partial charge in [-0.15, -0.1) is 0 Å². The van der Waals surface area contributed by atoms with Gasteiger partial charge in [0.2, 0.25) is 0 Å². The Morgan fingerprint density at radius 2 is 2.18 bits per heavy atom. The van der Waals surface area contributed by atoms with Crippen LogP contribution in [0.3, 0.4) is 0 Å². The number of carbonyl (C=O) groups is 1. The van der Waals surface area contributed by atoms with E-state index in [1.54, 1.807) is 17.8 Å². The molecule has 0 spiro atoms. The fourth-order valence-corrected chi connectivity index (χ4v) is 1.81. The van der Waals surface area contributed by atoms with Gasteiger partial charge in [0.15, 0.2) is 0 Å². The standard InChI is InChI=1S/C13H14N2O2/c1-9-4-3-5-11(6-9)7-15-8-12(13(16)17)10(2)14-15/h3-6,8H,7H2,1-2H3,(H,16,17). The van der Waals surface area contributed by atoms with E-state index in [2.05, 4.69) is 11.2 Å². The minimum absolute atomic E-state index is 0.262. The van der Waals surface area contributed by atoms with Gasteiger partial charge in [0.25, 0.3) is 0 Å². The predicted octanol–water partition coefficient (Wildman–Crippen LogP) is 2.25. The van der Waals surface area contributed by atoms with Crippen LogP contribution in [-0.2, 0) is 6.54 Å². The van der Waals surface area contributed by atoms with E-state index in [1.165, 1.54) is 5.56 Å². The van der Waals surface area contributed by atoms with E-state index >= 15 is 0 Å². The summed E-state index contributed by atoms with van der Waals surface area (Å²) in [6, 6.07) is 8.08. The molecule has 0 unspecified atom stereocenters. The second-order valence-electron chi connectivity index (χ2n) is 4.12. The highest BCUT2D eigenvalue weighted by Crippen LogP contribution is 2.09. The Labute approximate surface area is 99.5 Å². The molecular weight excluding hydrogens is 216 g/mol. The van der Waals surface area contributed by atoms with E-state index in [-0.39, 0.29) is 5.56 Å². The average molecular weight is 230 g/mol. The van der Waals surface area contributed by atoms with Crippen LogP contribution in [0, 0.1) is 13.8 Å². The molecule has 1 aromatic carbocycles. The van der Waals surface area contributed by atoms with Crippen molar-refractivity contribution >= 4 is 5.97 Å². The van der Waals surface area contributed by atoms with Gasteiger partial charge in [-0.3, -0.25) is 4.68 Å². The zero-order valence-corrected chi connectivity index (χ0v) is 9.84. The number of hydrogen-bond acceptors (Lipinski definition) is 2. The number of benzene rings is 1. The molecule has 0 saturated carbocycles. The third kappa shape index (κ3) is 2.53. The second kappa shape index (κ2) is 4.41. The van der Waals surface area contributed by atoms with Gasteiger partial charge in [-0.25, -0.2) is 4.79 Å². The molecule has 0 aliphatic carbocycles. The van der Waals surface area contributed by atoms with Crippen LogP contribution in [0.25, 0.3) is 0 Å². The lowest BCUT2D eigenvalue weighted by atomic mass is 10.1. The molecule has 0 amide bonds. The fourth-order valence-electron chi connectivity index (χ4n) is 1.81. The molecular formula is C13H14N2O2. The molecule has 1 aromatic heterocycles. The molecule has 0 aliphatic heterocycles. The van der Waals surface area contributed by atoms with Gasteiger partial charge >= 0.3 is 5.97 Å². The summed E-state index contributed by atoms with van der Waals surface area (Å²) in [5.41, 5.74) is 3.11. The monoisotopic (exact) mass is 230 g/mol. The Bertz CT molecular complexity index is 558. The van der Waals surface area contributed by atoms with Gasteiger partial charge in [-0.2, -0.15) is 5.10 Å². The van der Waals surface area contributed by atoms with Crippen molar-refractivity contribution in [1.82, 2.24) is 9.78 Å². The first-order valence-electron chi connectivity index (χ1n) is 5.39. The maximum atomic E-state index is 10.9. The van der Waals surface area contributed by atoms with Crippen LogP contribution in [-0.4, -0.2) is 20.9 Å². The number of hydrogen-bond donors (Lipinski definition) is 1. The number of rotatable bonds is 3. The smallest absolute Gasteiger partial charge is 0.339 e. The quantitative estimate of drug-likeness (QED) is 0.879. The summed E-state index contributed by atoms with van der Waals surface area (Å²) in [7, 11) is 0. The largest absolute Gasteiger partial charge is 0.478 e. The van der Waals surface area contributed by atoms with Gasteiger partial charge in [0.05, 0.1) is 12.2 Å². The minimum Gasteiger partial charge on any atom is -0.478 e. The molecule has 1 N–H and O–H groups in total. The van der Waals surface area contributed by atoms with Crippen LogP contribution < -0.4 is 0 Å². The van der Waals surface area contributed by atoms with Crippen LogP contribution in [0.15, 0.2) is 30.5 Å². The van der Waals surface area contributed by atoms with Crippen molar-refractivity contribution in [2.45, 2.75) is 20.4 Å². The Morgan fingerprint density at radius 1 is 1.41 bits per heavy atom. The number of carboxylic acid groups (broad SMARTS) is 1. The average Bonchev–Trinajstić information content (AvgIpc) is 2.59. The summed E-state index contributed by atoms with van der Waals surface area (Å²) in [6.45, 7) is 4.33. The summed E-state index contributed by atoms with van der Waals surface area (Å²) >= 11 is 0. The molecule has 4 heteroatoms. The Hall–Kier alpha value is -2.10. The number of aryl methyl sites for hydroxylation is 2. The van der Waals surface area contributed by atoms with Crippen molar-refractivity contribution in [3.8, 4) is 0 Å². The molecule has 88 valence electrons. The van der Waals surface area contributed by atoms with Crippen molar-refractivity contribution in [2.24, 2.45) is 0 Å². The molecule has 2 rings (SSSR count). The number of aromatic nitrogens is 2. The molecule has 17 heavy (non-hydrogen) atoms. The molecule has 0 saturated heterocycles. The first-order valence-corrected chi connectivity index (χ1v) is 5.39. The van der Waals surface area contributed by atoms with Crippen molar-refractivity contribution < 1.29 is 9.90 Å². The van der Waals surface area contributed by atoms with Crippen LogP contribution in [0.1, 0.15) is 27.2 Å². The zero-order valence-electron chi connectivity index (χ0n) is 9.84. The highest BCUT2D eigenvalue weighted by atomic mass is 16.4. The predicted molar refractivity (Wildman–Crippen MR) is 64.2 cm³/mol. The van der Waals surface area contributed by atoms with Crippen LogP contribution in [0.4, 0.5) is 0 Å². The molecule has 0 radical (unpaired) electrons. The number of aromatic carboxylic acids is 1. The molecule has 1 heterocycles. The van der Waals surface area contributed by atoms with Gasteiger partial charge in [0.1, 0.15) is 5.56 Å². The van der Waals surface area contributed by atoms with Gasteiger partial charge in [0, 0.05) is 6.20 Å². The second-order valence-corrected chi connectivity index (χ2v) is 4.12. The lowest BCUT2D eigenvalue weighted by molar-refractivity contribution is 0.0696. The summed E-state index contributed by atoms with van der Waals surface area (Å²) in [6.07, 6.45) is 1.57. The van der Waals surface area contributed by atoms with Crippen LogP contribution >= 0.6 is 0 Å². The zero-order chi connectivity index (χ0) is 12.4. The third-order valence-electron chi connectivity index (χ3n) is 2.60. The Kier molecular flexibility index (Phi) is 2.95. The van der Waals surface area contributed by atoms with E-state index in [4.69, 9.17) is 5.11 Å². The summed E-state index contributed by atoms with van der Waals surface area (Å²) in [5, 5.41) is 13.1. The van der Waals surface area contributed by atoms with Gasteiger partial charge in [-0.05, 0) is 19.4 Å². The molecule has 0 aliphatic rings. The van der Waals surface area contributed by atoms with Crippen molar-refractivity contribution in [3.63, 3.8) is 0 Å². The SMILES string of the molecule is Cc1cccc(Cn2cc(C(=O)O)c(C)n2)c1. The Balaban J connectivity index is 2.25. The van der Waals surface area contributed by atoms with E-state index in [1.807, 2.05) is 25.1 Å². The summed E-state index contributed by atoms with van der Waals surface area (Å²) < 4.78 is 1.66. The molecule has 0 bridgehead atoms. The van der Waals surface area contributed by atoms with E-state index in [9.17, 15) is 4.79 Å². The van der Waals surface area contributed by atoms with Crippen LogP contribution in [0.2, 0.25) is 0 Å². The lowest BCUT2D eigenvalue weighted by Crippen LogP contribution is -2.00. The number of carboxylic acids is 1. The van der Waals surface area contributed by atoms with E-state index < -0.39 is 5.97 Å². The Morgan fingerprint density at radius 3 is 2.76 bits per heavy atom.